The minimum atomic E-state index is -3.58. The molecule has 1 aliphatic carbocycles. The molecule has 154 valence electrons. The summed E-state index contributed by atoms with van der Waals surface area (Å²) < 4.78 is 28.7. The molecule has 2 aromatic carbocycles. The summed E-state index contributed by atoms with van der Waals surface area (Å²) in [7, 11) is -3.58. The second kappa shape index (κ2) is 8.78. The minimum Gasteiger partial charge on any atom is -0.452 e. The first-order chi connectivity index (χ1) is 13.8. The van der Waals surface area contributed by atoms with Crippen molar-refractivity contribution in [2.75, 3.05) is 12.9 Å². The van der Waals surface area contributed by atoms with Crippen LogP contribution in [0.3, 0.4) is 0 Å². The normalized spacial score (nSPS) is 14.6. The summed E-state index contributed by atoms with van der Waals surface area (Å²) in [6, 6.07) is 11.8. The van der Waals surface area contributed by atoms with Gasteiger partial charge in [0.15, 0.2) is 16.4 Å². The van der Waals surface area contributed by atoms with Gasteiger partial charge in [-0.05, 0) is 61.4 Å². The van der Waals surface area contributed by atoms with Gasteiger partial charge in [0, 0.05) is 6.26 Å². The minimum absolute atomic E-state index is 0.0782. The molecule has 0 saturated heterocycles. The molecule has 0 unspecified atom stereocenters. The van der Waals surface area contributed by atoms with E-state index in [2.05, 4.69) is 17.4 Å². The second-order valence-electron chi connectivity index (χ2n) is 7.37. The molecule has 29 heavy (non-hydrogen) atoms. The summed E-state index contributed by atoms with van der Waals surface area (Å²) in [5.74, 6) is -1.29. The number of sulfone groups is 1. The van der Waals surface area contributed by atoms with Gasteiger partial charge in [-0.3, -0.25) is 4.79 Å². The number of amides is 1. The van der Waals surface area contributed by atoms with Crippen LogP contribution < -0.4 is 5.32 Å². The molecule has 1 aliphatic rings. The molecular weight excluding hydrogens is 390 g/mol. The van der Waals surface area contributed by atoms with Gasteiger partial charge in [-0.25, -0.2) is 13.2 Å². The first-order valence-corrected chi connectivity index (χ1v) is 11.5. The number of benzene rings is 2. The number of carbonyl (C=O) groups excluding carboxylic acids is 2. The zero-order valence-electron chi connectivity index (χ0n) is 16.6. The van der Waals surface area contributed by atoms with E-state index >= 15 is 0 Å². The van der Waals surface area contributed by atoms with E-state index in [0.29, 0.717) is 0 Å². The molecule has 0 aromatic heterocycles. The number of rotatable bonds is 6. The average Bonchev–Trinajstić information content (AvgIpc) is 2.71. The van der Waals surface area contributed by atoms with E-state index in [9.17, 15) is 18.0 Å². The lowest BCUT2D eigenvalue weighted by Crippen LogP contribution is -2.31. The number of nitrogens with one attached hydrogen (secondary N) is 1. The predicted octanol–water partition coefficient (Wildman–Crippen LogP) is 3.00. The van der Waals surface area contributed by atoms with Gasteiger partial charge < -0.3 is 10.1 Å². The zero-order valence-corrected chi connectivity index (χ0v) is 17.4. The van der Waals surface area contributed by atoms with Crippen LogP contribution in [0.5, 0.6) is 0 Å². The SMILES string of the molecule is C[C@H](NC(=O)COC(=O)c1ccccc1S(C)(=O)=O)c1ccc2c(c1)CCCC2. The molecule has 1 atom stereocenters. The first-order valence-electron chi connectivity index (χ1n) is 9.63. The van der Waals surface area contributed by atoms with E-state index in [1.807, 2.05) is 13.0 Å². The summed E-state index contributed by atoms with van der Waals surface area (Å²) >= 11 is 0. The molecule has 3 rings (SSSR count). The third kappa shape index (κ3) is 5.23. The van der Waals surface area contributed by atoms with Gasteiger partial charge in [-0.2, -0.15) is 0 Å². The summed E-state index contributed by atoms with van der Waals surface area (Å²) in [6.07, 6.45) is 5.57. The Morgan fingerprint density at radius 1 is 1.07 bits per heavy atom. The van der Waals surface area contributed by atoms with E-state index in [0.717, 1.165) is 24.7 Å². The Labute approximate surface area is 171 Å². The molecule has 0 saturated carbocycles. The fourth-order valence-electron chi connectivity index (χ4n) is 3.56. The van der Waals surface area contributed by atoms with Crippen LogP contribution in [0.25, 0.3) is 0 Å². The Kier molecular flexibility index (Phi) is 6.37. The van der Waals surface area contributed by atoms with Crippen LogP contribution in [-0.2, 0) is 32.2 Å². The topological polar surface area (TPSA) is 89.5 Å². The van der Waals surface area contributed by atoms with E-state index in [4.69, 9.17) is 4.74 Å². The molecule has 0 aliphatic heterocycles. The van der Waals surface area contributed by atoms with Crippen LogP contribution >= 0.6 is 0 Å². The van der Waals surface area contributed by atoms with E-state index in [1.54, 1.807) is 6.07 Å². The lowest BCUT2D eigenvalue weighted by molar-refractivity contribution is -0.124. The Hall–Kier alpha value is -2.67. The van der Waals surface area contributed by atoms with Crippen molar-refractivity contribution in [1.82, 2.24) is 5.32 Å². The number of esters is 1. The van der Waals surface area contributed by atoms with Gasteiger partial charge in [-0.15, -0.1) is 0 Å². The lowest BCUT2D eigenvalue weighted by atomic mass is 9.89. The third-order valence-corrected chi connectivity index (χ3v) is 6.25. The van der Waals surface area contributed by atoms with Crippen molar-refractivity contribution >= 4 is 21.7 Å². The number of hydrogen-bond acceptors (Lipinski definition) is 5. The Morgan fingerprint density at radius 2 is 1.76 bits per heavy atom. The van der Waals surface area contributed by atoms with Crippen molar-refractivity contribution in [2.24, 2.45) is 0 Å². The number of aryl methyl sites for hydroxylation is 2. The second-order valence-corrected chi connectivity index (χ2v) is 9.35. The molecule has 0 radical (unpaired) electrons. The van der Waals surface area contributed by atoms with E-state index < -0.39 is 28.3 Å². The molecule has 6 nitrogen and oxygen atoms in total. The van der Waals surface area contributed by atoms with Gasteiger partial charge in [0.2, 0.25) is 0 Å². The van der Waals surface area contributed by atoms with E-state index in [-0.39, 0.29) is 16.5 Å². The molecule has 0 fully saturated rings. The average molecular weight is 416 g/mol. The third-order valence-electron chi connectivity index (χ3n) is 5.09. The number of hydrogen-bond donors (Lipinski definition) is 1. The summed E-state index contributed by atoms with van der Waals surface area (Å²) in [4.78, 5) is 24.4. The van der Waals surface area contributed by atoms with Gasteiger partial charge in [0.05, 0.1) is 16.5 Å². The van der Waals surface area contributed by atoms with Crippen molar-refractivity contribution < 1.29 is 22.7 Å². The van der Waals surface area contributed by atoms with Gasteiger partial charge in [0.25, 0.3) is 5.91 Å². The van der Waals surface area contributed by atoms with E-state index in [1.165, 1.54) is 42.2 Å². The smallest absolute Gasteiger partial charge is 0.339 e. The maximum atomic E-state index is 12.3. The van der Waals surface area contributed by atoms with Crippen LogP contribution in [0.15, 0.2) is 47.4 Å². The highest BCUT2D eigenvalue weighted by Crippen LogP contribution is 2.24. The zero-order chi connectivity index (χ0) is 21.0. The van der Waals surface area contributed by atoms with Crippen molar-refractivity contribution in [1.29, 1.82) is 0 Å². The molecule has 2 aromatic rings. The lowest BCUT2D eigenvalue weighted by Gasteiger charge is -2.20. The van der Waals surface area contributed by atoms with Crippen LogP contribution in [0.1, 0.15) is 52.9 Å². The molecule has 1 N–H and O–H groups in total. The van der Waals surface area contributed by atoms with Crippen molar-refractivity contribution in [3.8, 4) is 0 Å². The number of fused-ring (bicyclic) bond motifs is 1. The maximum absolute atomic E-state index is 12.3. The van der Waals surface area contributed by atoms with Gasteiger partial charge >= 0.3 is 5.97 Å². The Morgan fingerprint density at radius 3 is 2.48 bits per heavy atom. The summed E-state index contributed by atoms with van der Waals surface area (Å²) in [5, 5.41) is 2.82. The molecular formula is C22H25NO5S. The fourth-order valence-corrected chi connectivity index (χ4v) is 4.43. The molecule has 0 heterocycles. The fraction of sp³-hybridized carbons (Fsp3) is 0.364. The highest BCUT2D eigenvalue weighted by Gasteiger charge is 2.20. The van der Waals surface area contributed by atoms with Gasteiger partial charge in [-0.1, -0.05) is 30.3 Å². The van der Waals surface area contributed by atoms with Crippen LogP contribution in [0.2, 0.25) is 0 Å². The quantitative estimate of drug-likeness (QED) is 0.733. The van der Waals surface area contributed by atoms with Crippen LogP contribution in [0, 0.1) is 0 Å². The Balaban J connectivity index is 1.60. The Bertz CT molecular complexity index is 1030. The summed E-state index contributed by atoms with van der Waals surface area (Å²) in [5.41, 5.74) is 3.63. The highest BCUT2D eigenvalue weighted by molar-refractivity contribution is 7.90. The molecule has 0 spiro atoms. The monoisotopic (exact) mass is 415 g/mol. The maximum Gasteiger partial charge on any atom is 0.339 e. The number of ether oxygens (including phenoxy) is 1. The molecule has 0 bridgehead atoms. The molecule has 1 amide bonds. The van der Waals surface area contributed by atoms with Crippen LogP contribution in [-0.4, -0.2) is 33.2 Å². The van der Waals surface area contributed by atoms with Crippen LogP contribution in [0.4, 0.5) is 0 Å². The number of carbonyl (C=O) groups is 2. The van der Waals surface area contributed by atoms with Gasteiger partial charge in [0.1, 0.15) is 0 Å². The standard InChI is InChI=1S/C22H25NO5S/c1-15(17-12-11-16-7-3-4-8-18(16)13-17)23-21(24)14-28-22(25)19-9-5-6-10-20(19)29(2,26)27/h5-6,9-13,15H,3-4,7-8,14H2,1-2H3,(H,23,24)/t15-/m0/s1. The molecule has 7 heteroatoms. The summed E-state index contributed by atoms with van der Waals surface area (Å²) in [6.45, 7) is 1.40. The highest BCUT2D eigenvalue weighted by atomic mass is 32.2. The largest absolute Gasteiger partial charge is 0.452 e. The van der Waals surface area contributed by atoms with Crippen molar-refractivity contribution in [2.45, 2.75) is 43.5 Å². The first kappa shape index (κ1) is 21.0. The van der Waals surface area contributed by atoms with Crippen molar-refractivity contribution in [3.63, 3.8) is 0 Å². The predicted molar refractivity (Wildman–Crippen MR) is 109 cm³/mol. The van der Waals surface area contributed by atoms with Crippen molar-refractivity contribution in [3.05, 3.63) is 64.7 Å².